The molecule has 0 saturated heterocycles. The summed E-state index contributed by atoms with van der Waals surface area (Å²) in [5, 5.41) is 12.5. The maximum absolute atomic E-state index is 12.5. The van der Waals surface area contributed by atoms with Gasteiger partial charge in [-0.1, -0.05) is 0 Å². The van der Waals surface area contributed by atoms with Crippen molar-refractivity contribution < 1.29 is 4.39 Å². The van der Waals surface area contributed by atoms with E-state index in [2.05, 4.69) is 5.10 Å². The van der Waals surface area contributed by atoms with Gasteiger partial charge in [-0.05, 0) is 13.8 Å². The average molecular weight is 167 g/mol. The van der Waals surface area contributed by atoms with Crippen molar-refractivity contribution >= 4 is 0 Å². The number of rotatable bonds is 2. The van der Waals surface area contributed by atoms with Crippen molar-refractivity contribution in [1.29, 1.82) is 5.26 Å². The minimum Gasteiger partial charge on any atom is -0.252 e. The Morgan fingerprint density at radius 2 is 2.50 bits per heavy atom. The van der Waals surface area contributed by atoms with E-state index in [-0.39, 0.29) is 6.54 Å². The van der Waals surface area contributed by atoms with E-state index in [1.165, 1.54) is 11.6 Å². The van der Waals surface area contributed by atoms with E-state index in [9.17, 15) is 4.39 Å². The fourth-order valence-electron chi connectivity index (χ4n) is 1.00. The van der Waals surface area contributed by atoms with Gasteiger partial charge in [0.25, 0.3) is 0 Å². The molecule has 1 atom stereocenters. The predicted molar refractivity (Wildman–Crippen MR) is 42.2 cm³/mol. The molecule has 4 heteroatoms. The van der Waals surface area contributed by atoms with Crippen LogP contribution in [0.1, 0.15) is 18.2 Å². The minimum atomic E-state index is -0.976. The molecular formula is C8H10FN3. The molecule has 0 fully saturated rings. The van der Waals surface area contributed by atoms with Crippen molar-refractivity contribution in [1.82, 2.24) is 9.78 Å². The summed E-state index contributed by atoms with van der Waals surface area (Å²) in [4.78, 5) is 0. The monoisotopic (exact) mass is 167 g/mol. The Morgan fingerprint density at radius 3 is 3.00 bits per heavy atom. The van der Waals surface area contributed by atoms with Gasteiger partial charge in [0.2, 0.25) is 0 Å². The molecule has 1 unspecified atom stereocenters. The number of halogens is 1. The Labute approximate surface area is 70.4 Å². The molecule has 0 amide bonds. The molecule has 0 aliphatic rings. The Hall–Kier alpha value is -1.37. The van der Waals surface area contributed by atoms with Crippen LogP contribution in [0, 0.1) is 18.3 Å². The molecule has 0 aromatic carbocycles. The summed E-state index contributed by atoms with van der Waals surface area (Å²) in [7, 11) is 0. The lowest BCUT2D eigenvalue weighted by Crippen LogP contribution is -2.10. The van der Waals surface area contributed by atoms with Gasteiger partial charge in [0.15, 0.2) is 0 Å². The summed E-state index contributed by atoms with van der Waals surface area (Å²) in [5.74, 6) is 0. The van der Waals surface area contributed by atoms with Crippen LogP contribution >= 0.6 is 0 Å². The van der Waals surface area contributed by atoms with Crippen LogP contribution < -0.4 is 0 Å². The Bertz CT molecular complexity index is 309. The lowest BCUT2D eigenvalue weighted by atomic mass is 10.3. The highest BCUT2D eigenvalue weighted by Crippen LogP contribution is 2.06. The third-order valence-corrected chi connectivity index (χ3v) is 1.55. The van der Waals surface area contributed by atoms with Crippen molar-refractivity contribution in [3.63, 3.8) is 0 Å². The lowest BCUT2D eigenvalue weighted by molar-refractivity contribution is 0.308. The molecule has 0 saturated carbocycles. The van der Waals surface area contributed by atoms with E-state index >= 15 is 0 Å². The van der Waals surface area contributed by atoms with Crippen LogP contribution in [0.25, 0.3) is 0 Å². The van der Waals surface area contributed by atoms with Gasteiger partial charge in [0, 0.05) is 5.56 Å². The van der Waals surface area contributed by atoms with E-state index < -0.39 is 6.17 Å². The average Bonchev–Trinajstić information content (AvgIpc) is 2.30. The maximum Gasteiger partial charge on any atom is 0.141 e. The normalized spacial score (nSPS) is 12.5. The first-order valence-corrected chi connectivity index (χ1v) is 3.71. The number of alkyl halides is 1. The number of aryl methyl sites for hydroxylation is 1. The van der Waals surface area contributed by atoms with Crippen LogP contribution in [0.15, 0.2) is 6.20 Å². The summed E-state index contributed by atoms with van der Waals surface area (Å²) in [6.07, 6.45) is 0.595. The van der Waals surface area contributed by atoms with Crippen LogP contribution in [0.2, 0.25) is 0 Å². The zero-order valence-electron chi connectivity index (χ0n) is 7.08. The van der Waals surface area contributed by atoms with Gasteiger partial charge in [0.1, 0.15) is 17.9 Å². The molecule has 3 nitrogen and oxygen atoms in total. The Morgan fingerprint density at radius 1 is 1.83 bits per heavy atom. The van der Waals surface area contributed by atoms with Crippen LogP contribution in [0.5, 0.6) is 0 Å². The van der Waals surface area contributed by atoms with Crippen molar-refractivity contribution in [3.05, 3.63) is 17.5 Å². The molecule has 64 valence electrons. The lowest BCUT2D eigenvalue weighted by Gasteiger charge is -2.02. The smallest absolute Gasteiger partial charge is 0.141 e. The fourth-order valence-corrected chi connectivity index (χ4v) is 1.00. The van der Waals surface area contributed by atoms with Crippen molar-refractivity contribution in [2.45, 2.75) is 26.6 Å². The van der Waals surface area contributed by atoms with Gasteiger partial charge < -0.3 is 0 Å². The number of nitrogens with zero attached hydrogens (tertiary/aromatic N) is 3. The van der Waals surface area contributed by atoms with Crippen LogP contribution in [-0.2, 0) is 6.54 Å². The SMILES string of the molecule is Cc1cnn(CC(C)F)c1C#N. The molecule has 1 aromatic heterocycles. The molecule has 0 spiro atoms. The number of hydrogen-bond donors (Lipinski definition) is 0. The summed E-state index contributed by atoms with van der Waals surface area (Å²) in [6, 6.07) is 1.98. The zero-order chi connectivity index (χ0) is 9.14. The Kier molecular flexibility index (Phi) is 2.44. The predicted octanol–water partition coefficient (Wildman–Crippen LogP) is 1.42. The first kappa shape index (κ1) is 8.72. The minimum absolute atomic E-state index is 0.150. The van der Waals surface area contributed by atoms with E-state index in [0.29, 0.717) is 5.69 Å². The largest absolute Gasteiger partial charge is 0.252 e. The molecule has 0 aliphatic carbocycles. The number of hydrogen-bond acceptors (Lipinski definition) is 2. The first-order valence-electron chi connectivity index (χ1n) is 3.71. The third kappa shape index (κ3) is 1.62. The molecular weight excluding hydrogens is 157 g/mol. The highest BCUT2D eigenvalue weighted by molar-refractivity contribution is 5.28. The van der Waals surface area contributed by atoms with Crippen LogP contribution in [0.3, 0.4) is 0 Å². The van der Waals surface area contributed by atoms with Gasteiger partial charge >= 0.3 is 0 Å². The second kappa shape index (κ2) is 3.35. The van der Waals surface area contributed by atoms with Gasteiger partial charge in [-0.25, -0.2) is 4.39 Å². The molecule has 1 rings (SSSR count). The summed E-state index contributed by atoms with van der Waals surface area (Å²) >= 11 is 0. The molecule has 0 bridgehead atoms. The second-order valence-electron chi connectivity index (χ2n) is 2.75. The van der Waals surface area contributed by atoms with Crippen LogP contribution in [-0.4, -0.2) is 16.0 Å². The molecule has 1 heterocycles. The quantitative estimate of drug-likeness (QED) is 0.668. The Balaban J connectivity index is 2.94. The van der Waals surface area contributed by atoms with Gasteiger partial charge in [-0.3, -0.25) is 4.68 Å². The molecule has 0 radical (unpaired) electrons. The molecule has 1 aromatic rings. The molecule has 0 N–H and O–H groups in total. The standard InChI is InChI=1S/C8H10FN3/c1-6-4-11-12(5-7(2)9)8(6)3-10/h4,7H,5H2,1-2H3. The van der Waals surface area contributed by atoms with E-state index in [4.69, 9.17) is 5.26 Å². The van der Waals surface area contributed by atoms with Crippen LogP contribution in [0.4, 0.5) is 4.39 Å². The van der Waals surface area contributed by atoms with E-state index in [0.717, 1.165) is 5.56 Å². The van der Waals surface area contributed by atoms with Gasteiger partial charge in [-0.2, -0.15) is 10.4 Å². The summed E-state index contributed by atoms with van der Waals surface area (Å²) in [5.41, 5.74) is 1.23. The van der Waals surface area contributed by atoms with E-state index in [1.807, 2.05) is 6.07 Å². The third-order valence-electron chi connectivity index (χ3n) is 1.55. The number of nitriles is 1. The fraction of sp³-hybridized carbons (Fsp3) is 0.500. The first-order chi connectivity index (χ1) is 5.65. The zero-order valence-corrected chi connectivity index (χ0v) is 7.08. The maximum atomic E-state index is 12.5. The van der Waals surface area contributed by atoms with Crippen molar-refractivity contribution in [2.24, 2.45) is 0 Å². The van der Waals surface area contributed by atoms with Gasteiger partial charge in [0.05, 0.1) is 12.7 Å². The highest BCUT2D eigenvalue weighted by Gasteiger charge is 2.08. The second-order valence-corrected chi connectivity index (χ2v) is 2.75. The summed E-state index contributed by atoms with van der Waals surface area (Å²) in [6.45, 7) is 3.37. The topological polar surface area (TPSA) is 41.6 Å². The van der Waals surface area contributed by atoms with Crippen molar-refractivity contribution in [3.8, 4) is 6.07 Å². The molecule has 12 heavy (non-hydrogen) atoms. The van der Waals surface area contributed by atoms with Gasteiger partial charge in [-0.15, -0.1) is 0 Å². The number of aromatic nitrogens is 2. The van der Waals surface area contributed by atoms with E-state index in [1.54, 1.807) is 13.1 Å². The van der Waals surface area contributed by atoms with Crippen molar-refractivity contribution in [2.75, 3.05) is 0 Å². The summed E-state index contributed by atoms with van der Waals surface area (Å²) < 4.78 is 13.9. The molecule has 0 aliphatic heterocycles. The highest BCUT2D eigenvalue weighted by atomic mass is 19.1.